The molecule has 1 amide bonds. The van der Waals surface area contributed by atoms with Gasteiger partial charge in [0, 0.05) is 56.7 Å². The van der Waals surface area contributed by atoms with Crippen LogP contribution in [0.15, 0.2) is 24.3 Å². The number of nitro benzene ring substituents is 1. The Morgan fingerprint density at radius 2 is 1.67 bits per heavy atom. The minimum atomic E-state index is -0.526. The Morgan fingerprint density at radius 3 is 2.15 bits per heavy atom. The fraction of sp³-hybridized carbons (Fsp3) is 0.389. The van der Waals surface area contributed by atoms with Crippen LogP contribution in [0.4, 0.5) is 11.4 Å². The van der Waals surface area contributed by atoms with Crippen molar-refractivity contribution in [3.05, 3.63) is 51.3 Å². The Morgan fingerprint density at radius 1 is 1.07 bits per heavy atom. The van der Waals surface area contributed by atoms with Gasteiger partial charge < -0.3 is 9.80 Å². The van der Waals surface area contributed by atoms with E-state index in [1.54, 1.807) is 42.6 Å². The Bertz CT molecular complexity index is 895. The molecule has 0 radical (unpaired) electrons. The van der Waals surface area contributed by atoms with E-state index in [0.29, 0.717) is 43.1 Å². The normalized spacial score (nSPS) is 14.3. The quantitative estimate of drug-likeness (QED) is 0.349. The van der Waals surface area contributed by atoms with E-state index in [9.17, 15) is 19.7 Å². The van der Waals surface area contributed by atoms with Gasteiger partial charge in [-0.3, -0.25) is 24.4 Å². The highest BCUT2D eigenvalue weighted by Gasteiger charge is 2.30. The lowest BCUT2D eigenvalue weighted by Gasteiger charge is -2.35. The summed E-state index contributed by atoms with van der Waals surface area (Å²) in [6, 6.07) is 6.32. The number of hydrogen-bond acceptors (Lipinski definition) is 6. The molecule has 1 fully saturated rings. The molecule has 2 heterocycles. The van der Waals surface area contributed by atoms with Crippen LogP contribution in [0.2, 0.25) is 0 Å². The Labute approximate surface area is 156 Å². The van der Waals surface area contributed by atoms with Crippen LogP contribution in [-0.2, 0) is 11.8 Å². The van der Waals surface area contributed by atoms with Gasteiger partial charge in [-0.2, -0.15) is 5.10 Å². The Hall–Kier alpha value is -3.23. The van der Waals surface area contributed by atoms with Gasteiger partial charge in [0.1, 0.15) is 0 Å². The maximum Gasteiger partial charge on any atom is 0.295 e. The van der Waals surface area contributed by atoms with E-state index in [1.807, 2.05) is 4.90 Å². The number of carbonyl (C=O) groups excluding carboxylic acids is 2. The molecule has 27 heavy (non-hydrogen) atoms. The molecular weight excluding hydrogens is 350 g/mol. The van der Waals surface area contributed by atoms with Gasteiger partial charge in [-0.25, -0.2) is 0 Å². The molecule has 0 unspecified atom stereocenters. The van der Waals surface area contributed by atoms with Crippen LogP contribution in [0, 0.1) is 24.0 Å². The molecule has 1 saturated heterocycles. The van der Waals surface area contributed by atoms with Crippen LogP contribution in [-0.4, -0.2) is 57.5 Å². The number of aromatic nitrogens is 2. The van der Waals surface area contributed by atoms with E-state index in [-0.39, 0.29) is 5.69 Å². The van der Waals surface area contributed by atoms with Gasteiger partial charge in [-0.1, -0.05) is 0 Å². The molecule has 2 aromatic rings. The van der Waals surface area contributed by atoms with Gasteiger partial charge in [0.05, 0.1) is 16.2 Å². The van der Waals surface area contributed by atoms with Crippen molar-refractivity contribution in [3.8, 4) is 0 Å². The first-order chi connectivity index (χ1) is 12.8. The summed E-state index contributed by atoms with van der Waals surface area (Å²) in [5, 5.41) is 14.9. The number of non-ortho nitro benzene ring substituents is 1. The number of hydrogen-bond donors (Lipinski definition) is 0. The molecule has 0 spiro atoms. The monoisotopic (exact) mass is 371 g/mol. The molecule has 9 heteroatoms. The average Bonchev–Trinajstić information content (AvgIpc) is 2.92. The molecule has 3 rings (SSSR count). The first-order valence-electron chi connectivity index (χ1n) is 8.62. The molecule has 9 nitrogen and oxygen atoms in total. The molecule has 1 aromatic heterocycles. The van der Waals surface area contributed by atoms with Gasteiger partial charge in [0.15, 0.2) is 0 Å². The Balaban J connectivity index is 1.65. The van der Waals surface area contributed by atoms with E-state index in [4.69, 9.17) is 0 Å². The summed E-state index contributed by atoms with van der Waals surface area (Å²) in [5.41, 5.74) is 2.51. The molecule has 1 aromatic carbocycles. The molecule has 0 atom stereocenters. The number of benzene rings is 1. The highest BCUT2D eigenvalue weighted by Crippen LogP contribution is 2.21. The van der Waals surface area contributed by atoms with Crippen molar-refractivity contribution in [1.29, 1.82) is 0 Å². The molecular formula is C18H21N5O4. The van der Waals surface area contributed by atoms with Gasteiger partial charge >= 0.3 is 0 Å². The predicted octanol–water partition coefficient (Wildman–Crippen LogP) is 1.48. The first-order valence-corrected chi connectivity index (χ1v) is 8.62. The van der Waals surface area contributed by atoms with Crippen molar-refractivity contribution in [2.75, 3.05) is 31.1 Å². The van der Waals surface area contributed by atoms with Gasteiger partial charge in [-0.05, 0) is 26.0 Å². The van der Waals surface area contributed by atoms with Crippen LogP contribution in [0.3, 0.4) is 0 Å². The zero-order valence-corrected chi connectivity index (χ0v) is 15.5. The van der Waals surface area contributed by atoms with E-state index in [2.05, 4.69) is 5.10 Å². The number of anilines is 1. The lowest BCUT2D eigenvalue weighted by molar-refractivity contribution is -0.384. The minimum absolute atomic E-state index is 0.0420. The molecule has 1 aliphatic rings. The maximum absolute atomic E-state index is 12.6. The van der Waals surface area contributed by atoms with Crippen LogP contribution in [0.1, 0.15) is 21.7 Å². The Kier molecular flexibility index (Phi) is 4.93. The standard InChI is InChI=1S/C18H21N5O4/c1-12-16(13(2)20(3)19-12)17(24)18(25)22-10-8-21(9-11-22)14-4-6-15(7-5-14)23(26)27/h4-7H,8-11H2,1-3H3. The van der Waals surface area contributed by atoms with Crippen molar-refractivity contribution < 1.29 is 14.5 Å². The fourth-order valence-corrected chi connectivity index (χ4v) is 3.31. The van der Waals surface area contributed by atoms with Crippen LogP contribution in [0.25, 0.3) is 0 Å². The average molecular weight is 371 g/mol. The molecule has 0 N–H and O–H groups in total. The summed E-state index contributed by atoms with van der Waals surface area (Å²) in [4.78, 5) is 39.2. The van der Waals surface area contributed by atoms with Crippen molar-refractivity contribution in [1.82, 2.24) is 14.7 Å². The highest BCUT2D eigenvalue weighted by atomic mass is 16.6. The number of Topliss-reactive ketones (excluding diaryl/α,β-unsaturated/α-hetero) is 1. The minimum Gasteiger partial charge on any atom is -0.368 e. The molecule has 0 bridgehead atoms. The second kappa shape index (κ2) is 7.18. The number of nitro groups is 1. The third-order valence-electron chi connectivity index (χ3n) is 4.92. The van der Waals surface area contributed by atoms with E-state index in [0.717, 1.165) is 5.69 Å². The molecule has 0 aliphatic carbocycles. The lowest BCUT2D eigenvalue weighted by Crippen LogP contribution is -2.50. The van der Waals surface area contributed by atoms with Gasteiger partial charge in [0.2, 0.25) is 0 Å². The summed E-state index contributed by atoms with van der Waals surface area (Å²) in [7, 11) is 1.74. The number of nitrogens with zero attached hydrogens (tertiary/aromatic N) is 5. The first kappa shape index (κ1) is 18.6. The van der Waals surface area contributed by atoms with Crippen LogP contribution in [0.5, 0.6) is 0 Å². The summed E-state index contributed by atoms with van der Waals surface area (Å²) in [6.45, 7) is 5.44. The van der Waals surface area contributed by atoms with Crippen molar-refractivity contribution in [2.45, 2.75) is 13.8 Å². The second-order valence-corrected chi connectivity index (χ2v) is 6.55. The number of rotatable bonds is 4. The van der Waals surface area contributed by atoms with Crippen molar-refractivity contribution >= 4 is 23.1 Å². The van der Waals surface area contributed by atoms with E-state index < -0.39 is 16.6 Å². The molecule has 1 aliphatic heterocycles. The molecule has 0 saturated carbocycles. The lowest BCUT2D eigenvalue weighted by atomic mass is 10.1. The van der Waals surface area contributed by atoms with Gasteiger partial charge in [-0.15, -0.1) is 0 Å². The third-order valence-corrected chi connectivity index (χ3v) is 4.92. The highest BCUT2D eigenvalue weighted by molar-refractivity contribution is 6.43. The number of aryl methyl sites for hydroxylation is 2. The predicted molar refractivity (Wildman–Crippen MR) is 98.9 cm³/mol. The van der Waals surface area contributed by atoms with Crippen LogP contribution >= 0.6 is 0 Å². The van der Waals surface area contributed by atoms with Crippen molar-refractivity contribution in [3.63, 3.8) is 0 Å². The zero-order chi connectivity index (χ0) is 19.7. The number of carbonyl (C=O) groups is 2. The number of ketones is 1. The topological polar surface area (TPSA) is 102 Å². The summed E-state index contributed by atoms with van der Waals surface area (Å²) in [6.07, 6.45) is 0. The number of piperazine rings is 1. The maximum atomic E-state index is 12.6. The largest absolute Gasteiger partial charge is 0.368 e. The van der Waals surface area contributed by atoms with E-state index in [1.165, 1.54) is 12.1 Å². The van der Waals surface area contributed by atoms with E-state index >= 15 is 0 Å². The SMILES string of the molecule is Cc1nn(C)c(C)c1C(=O)C(=O)N1CCN(c2ccc([N+](=O)[O-])cc2)CC1. The second-order valence-electron chi connectivity index (χ2n) is 6.55. The van der Waals surface area contributed by atoms with Crippen LogP contribution < -0.4 is 4.90 Å². The smallest absolute Gasteiger partial charge is 0.295 e. The fourth-order valence-electron chi connectivity index (χ4n) is 3.31. The van der Waals surface area contributed by atoms with Crippen molar-refractivity contribution in [2.24, 2.45) is 7.05 Å². The summed E-state index contributed by atoms with van der Waals surface area (Å²) in [5.74, 6) is -1.04. The summed E-state index contributed by atoms with van der Waals surface area (Å²) >= 11 is 0. The number of amides is 1. The van der Waals surface area contributed by atoms with Gasteiger partial charge in [0.25, 0.3) is 17.4 Å². The molecule has 142 valence electrons. The third kappa shape index (κ3) is 3.53. The summed E-state index contributed by atoms with van der Waals surface area (Å²) < 4.78 is 1.60. The zero-order valence-electron chi connectivity index (χ0n) is 15.5.